The number of rotatable bonds is 4. The van der Waals surface area contributed by atoms with E-state index < -0.39 is 0 Å². The van der Waals surface area contributed by atoms with Crippen LogP contribution in [-0.4, -0.2) is 32.9 Å². The second kappa shape index (κ2) is 5.77. The van der Waals surface area contributed by atoms with E-state index in [4.69, 9.17) is 4.74 Å². The second-order valence-corrected chi connectivity index (χ2v) is 6.90. The molecule has 6 nitrogen and oxygen atoms in total. The SMILES string of the molecule is Cc1nn(C)c(C)c1[C@H]1OCC[C@@H]1NC(=O)c1cccn1C1CC1. The molecule has 1 amide bonds. The Balaban J connectivity index is 1.55. The summed E-state index contributed by atoms with van der Waals surface area (Å²) in [4.78, 5) is 12.8. The summed E-state index contributed by atoms with van der Waals surface area (Å²) in [5, 5.41) is 7.68. The standard InChI is InChI=1S/C18H24N4O2/c1-11-16(12(2)21(3)20-11)17-14(8-10-24-17)19-18(23)15-5-4-9-22(15)13-6-7-13/h4-5,9,13-14,17H,6-8,10H2,1-3H3,(H,19,23)/t14-,17-/m0/s1. The van der Waals surface area contributed by atoms with Gasteiger partial charge in [0.15, 0.2) is 0 Å². The molecule has 0 radical (unpaired) electrons. The van der Waals surface area contributed by atoms with Gasteiger partial charge in [-0.2, -0.15) is 5.10 Å². The minimum atomic E-state index is -0.119. The number of amides is 1. The molecule has 1 aliphatic carbocycles. The van der Waals surface area contributed by atoms with Crippen LogP contribution in [0.1, 0.15) is 58.8 Å². The average Bonchev–Trinajstić information content (AvgIpc) is 2.99. The first-order chi connectivity index (χ1) is 11.6. The van der Waals surface area contributed by atoms with E-state index in [2.05, 4.69) is 15.0 Å². The van der Waals surface area contributed by atoms with Crippen LogP contribution in [0.5, 0.6) is 0 Å². The Morgan fingerprint density at radius 2 is 2.12 bits per heavy atom. The zero-order valence-electron chi connectivity index (χ0n) is 14.5. The fraction of sp³-hybridized carbons (Fsp3) is 0.556. The molecule has 24 heavy (non-hydrogen) atoms. The molecule has 2 fully saturated rings. The lowest BCUT2D eigenvalue weighted by Crippen LogP contribution is -2.38. The van der Waals surface area contributed by atoms with Crippen LogP contribution in [0.3, 0.4) is 0 Å². The van der Waals surface area contributed by atoms with E-state index in [0.717, 1.165) is 41.9 Å². The van der Waals surface area contributed by atoms with Crippen molar-refractivity contribution in [3.8, 4) is 0 Å². The monoisotopic (exact) mass is 328 g/mol. The molecule has 1 saturated carbocycles. The molecule has 4 rings (SSSR count). The molecule has 3 heterocycles. The molecular formula is C18H24N4O2. The van der Waals surface area contributed by atoms with E-state index in [0.29, 0.717) is 12.6 Å². The fourth-order valence-electron chi connectivity index (χ4n) is 3.72. The maximum Gasteiger partial charge on any atom is 0.268 e. The van der Waals surface area contributed by atoms with Crippen molar-refractivity contribution in [2.75, 3.05) is 6.61 Å². The first kappa shape index (κ1) is 15.4. The molecule has 2 aromatic rings. The maximum atomic E-state index is 12.8. The zero-order chi connectivity index (χ0) is 16.8. The van der Waals surface area contributed by atoms with Crippen LogP contribution in [0, 0.1) is 13.8 Å². The Labute approximate surface area is 141 Å². The summed E-state index contributed by atoms with van der Waals surface area (Å²) in [7, 11) is 1.94. The molecule has 128 valence electrons. The Morgan fingerprint density at radius 1 is 1.33 bits per heavy atom. The lowest BCUT2D eigenvalue weighted by Gasteiger charge is -2.21. The summed E-state index contributed by atoms with van der Waals surface area (Å²) in [5.74, 6) is -0.00778. The van der Waals surface area contributed by atoms with Crippen molar-refractivity contribution >= 4 is 5.91 Å². The smallest absolute Gasteiger partial charge is 0.268 e. The van der Waals surface area contributed by atoms with E-state index in [1.54, 1.807) is 0 Å². The molecular weight excluding hydrogens is 304 g/mol. The minimum Gasteiger partial charge on any atom is -0.371 e. The Morgan fingerprint density at radius 3 is 2.79 bits per heavy atom. The van der Waals surface area contributed by atoms with Crippen LogP contribution in [0.25, 0.3) is 0 Å². The molecule has 1 N–H and O–H groups in total. The lowest BCUT2D eigenvalue weighted by molar-refractivity contribution is 0.0810. The Bertz CT molecular complexity index is 772. The Hall–Kier alpha value is -2.08. The van der Waals surface area contributed by atoms with E-state index in [1.165, 1.54) is 0 Å². The summed E-state index contributed by atoms with van der Waals surface area (Å²) < 4.78 is 9.94. The van der Waals surface area contributed by atoms with Crippen LogP contribution in [0.15, 0.2) is 18.3 Å². The van der Waals surface area contributed by atoms with Gasteiger partial charge in [-0.05, 0) is 45.2 Å². The highest BCUT2D eigenvalue weighted by atomic mass is 16.5. The molecule has 1 aliphatic heterocycles. The number of ether oxygens (including phenoxy) is 1. The fourth-order valence-corrected chi connectivity index (χ4v) is 3.72. The van der Waals surface area contributed by atoms with Crippen LogP contribution >= 0.6 is 0 Å². The van der Waals surface area contributed by atoms with Gasteiger partial charge in [-0.15, -0.1) is 0 Å². The van der Waals surface area contributed by atoms with Gasteiger partial charge >= 0.3 is 0 Å². The van der Waals surface area contributed by atoms with Crippen molar-refractivity contribution in [2.45, 2.75) is 51.3 Å². The number of carbonyl (C=O) groups excluding carboxylic acids is 1. The van der Waals surface area contributed by atoms with E-state index in [-0.39, 0.29) is 18.1 Å². The summed E-state index contributed by atoms with van der Waals surface area (Å²) in [6.45, 7) is 4.71. The molecule has 0 spiro atoms. The van der Waals surface area contributed by atoms with E-state index in [1.807, 2.05) is 43.9 Å². The van der Waals surface area contributed by atoms with Gasteiger partial charge in [-0.1, -0.05) is 0 Å². The number of aromatic nitrogens is 3. The first-order valence-electron chi connectivity index (χ1n) is 8.65. The van der Waals surface area contributed by atoms with Crippen molar-refractivity contribution < 1.29 is 9.53 Å². The van der Waals surface area contributed by atoms with Gasteiger partial charge in [-0.3, -0.25) is 9.48 Å². The Kier molecular flexibility index (Phi) is 3.72. The third kappa shape index (κ3) is 2.55. The van der Waals surface area contributed by atoms with Crippen molar-refractivity contribution in [3.05, 3.63) is 41.0 Å². The number of carbonyl (C=O) groups is 1. The highest BCUT2D eigenvalue weighted by Gasteiger charge is 2.35. The quantitative estimate of drug-likeness (QED) is 0.938. The average molecular weight is 328 g/mol. The molecule has 0 bridgehead atoms. The number of nitrogens with zero attached hydrogens (tertiary/aromatic N) is 3. The van der Waals surface area contributed by atoms with Gasteiger partial charge < -0.3 is 14.6 Å². The normalized spacial score (nSPS) is 23.6. The van der Waals surface area contributed by atoms with E-state index in [9.17, 15) is 4.79 Å². The van der Waals surface area contributed by atoms with Crippen molar-refractivity contribution in [1.82, 2.24) is 19.7 Å². The van der Waals surface area contributed by atoms with Gasteiger partial charge in [0.1, 0.15) is 11.8 Å². The highest BCUT2D eigenvalue weighted by molar-refractivity contribution is 5.93. The largest absolute Gasteiger partial charge is 0.371 e. The van der Waals surface area contributed by atoms with Gasteiger partial charge in [0.05, 0.1) is 11.7 Å². The van der Waals surface area contributed by atoms with Crippen molar-refractivity contribution in [1.29, 1.82) is 0 Å². The predicted molar refractivity (Wildman–Crippen MR) is 89.9 cm³/mol. The summed E-state index contributed by atoms with van der Waals surface area (Å²) in [6.07, 6.45) is 5.04. The molecule has 6 heteroatoms. The summed E-state index contributed by atoms with van der Waals surface area (Å²) >= 11 is 0. The molecule has 1 saturated heterocycles. The van der Waals surface area contributed by atoms with Crippen molar-refractivity contribution in [3.63, 3.8) is 0 Å². The lowest BCUT2D eigenvalue weighted by atomic mass is 10.00. The molecule has 0 aromatic carbocycles. The van der Waals surface area contributed by atoms with Gasteiger partial charge in [0.2, 0.25) is 0 Å². The van der Waals surface area contributed by atoms with Gasteiger partial charge in [0, 0.05) is 37.2 Å². The highest BCUT2D eigenvalue weighted by Crippen LogP contribution is 2.36. The zero-order valence-corrected chi connectivity index (χ0v) is 14.5. The summed E-state index contributed by atoms with van der Waals surface area (Å²) in [5.41, 5.74) is 3.93. The third-order valence-corrected chi connectivity index (χ3v) is 5.21. The molecule has 0 unspecified atom stereocenters. The van der Waals surface area contributed by atoms with Crippen LogP contribution in [0.2, 0.25) is 0 Å². The van der Waals surface area contributed by atoms with E-state index >= 15 is 0 Å². The van der Waals surface area contributed by atoms with Crippen LogP contribution in [0.4, 0.5) is 0 Å². The minimum absolute atomic E-state index is 0.00778. The second-order valence-electron chi connectivity index (χ2n) is 6.90. The van der Waals surface area contributed by atoms with Crippen LogP contribution < -0.4 is 5.32 Å². The summed E-state index contributed by atoms with van der Waals surface area (Å²) in [6, 6.07) is 4.34. The van der Waals surface area contributed by atoms with Crippen molar-refractivity contribution in [2.24, 2.45) is 7.05 Å². The number of hydrogen-bond donors (Lipinski definition) is 1. The molecule has 2 atom stereocenters. The number of aryl methyl sites for hydroxylation is 2. The topological polar surface area (TPSA) is 61.1 Å². The maximum absolute atomic E-state index is 12.8. The number of hydrogen-bond acceptors (Lipinski definition) is 3. The number of nitrogens with one attached hydrogen (secondary N) is 1. The predicted octanol–water partition coefficient (Wildman–Crippen LogP) is 2.43. The molecule has 2 aliphatic rings. The van der Waals surface area contributed by atoms with Gasteiger partial charge in [-0.25, -0.2) is 0 Å². The third-order valence-electron chi connectivity index (χ3n) is 5.21. The van der Waals surface area contributed by atoms with Gasteiger partial charge in [0.25, 0.3) is 5.91 Å². The first-order valence-corrected chi connectivity index (χ1v) is 8.65. The molecule has 2 aromatic heterocycles. The van der Waals surface area contributed by atoms with Crippen LogP contribution in [-0.2, 0) is 11.8 Å².